The topological polar surface area (TPSA) is 32.3 Å². The molecule has 2 aliphatic carbocycles. The van der Waals surface area contributed by atoms with Crippen molar-refractivity contribution in [3.8, 4) is 0 Å². The Bertz CT molecular complexity index is 437. The molecule has 2 N–H and O–H groups in total. The standard InChI is InChI=1S/C16H22BrNO/c17-15-3-1-2-13(8-15)16(19)10-18-9-14-7-11-4-5-12(14)6-11/h1-3,8,11-12,14,16,18-19H,4-7,9-10H2. The van der Waals surface area contributed by atoms with Crippen LogP contribution in [0.2, 0.25) is 0 Å². The summed E-state index contributed by atoms with van der Waals surface area (Å²) in [5, 5.41) is 13.6. The van der Waals surface area contributed by atoms with Gasteiger partial charge in [-0.15, -0.1) is 0 Å². The van der Waals surface area contributed by atoms with E-state index < -0.39 is 6.10 Å². The van der Waals surface area contributed by atoms with Gasteiger partial charge in [0.15, 0.2) is 0 Å². The van der Waals surface area contributed by atoms with Crippen molar-refractivity contribution in [2.75, 3.05) is 13.1 Å². The molecule has 0 radical (unpaired) electrons. The number of fused-ring (bicyclic) bond motifs is 2. The number of hydrogen-bond acceptors (Lipinski definition) is 2. The summed E-state index contributed by atoms with van der Waals surface area (Å²) in [6, 6.07) is 7.93. The van der Waals surface area contributed by atoms with E-state index in [0.29, 0.717) is 6.54 Å². The molecule has 1 aromatic carbocycles. The Labute approximate surface area is 123 Å². The zero-order valence-corrected chi connectivity index (χ0v) is 12.8. The van der Waals surface area contributed by atoms with Crippen LogP contribution in [-0.4, -0.2) is 18.2 Å². The maximum absolute atomic E-state index is 10.2. The van der Waals surface area contributed by atoms with Crippen molar-refractivity contribution >= 4 is 15.9 Å². The van der Waals surface area contributed by atoms with Gasteiger partial charge in [0.1, 0.15) is 0 Å². The van der Waals surface area contributed by atoms with Gasteiger partial charge in [-0.2, -0.15) is 0 Å². The number of aliphatic hydroxyl groups excluding tert-OH is 1. The average Bonchev–Trinajstić information content (AvgIpc) is 3.01. The fourth-order valence-corrected chi connectivity index (χ4v) is 4.28. The van der Waals surface area contributed by atoms with Crippen molar-refractivity contribution in [3.63, 3.8) is 0 Å². The van der Waals surface area contributed by atoms with Crippen LogP contribution in [0.3, 0.4) is 0 Å². The molecule has 0 spiro atoms. The minimum atomic E-state index is -0.406. The molecule has 104 valence electrons. The summed E-state index contributed by atoms with van der Waals surface area (Å²) in [5.41, 5.74) is 0.981. The highest BCUT2D eigenvalue weighted by atomic mass is 79.9. The second-order valence-corrected chi connectivity index (χ2v) is 7.08. The molecule has 2 saturated carbocycles. The van der Waals surface area contributed by atoms with E-state index in [2.05, 4.69) is 21.2 Å². The lowest BCUT2D eigenvalue weighted by molar-refractivity contribution is 0.170. The fourth-order valence-electron chi connectivity index (χ4n) is 3.86. The van der Waals surface area contributed by atoms with E-state index in [1.165, 1.54) is 25.7 Å². The Hall–Kier alpha value is -0.380. The van der Waals surface area contributed by atoms with Crippen molar-refractivity contribution in [2.45, 2.75) is 31.8 Å². The highest BCUT2D eigenvalue weighted by Crippen LogP contribution is 2.47. The quantitative estimate of drug-likeness (QED) is 0.869. The van der Waals surface area contributed by atoms with E-state index in [1.807, 2.05) is 24.3 Å². The Morgan fingerprint density at radius 2 is 2.21 bits per heavy atom. The smallest absolute Gasteiger partial charge is 0.0914 e. The van der Waals surface area contributed by atoms with Gasteiger partial charge >= 0.3 is 0 Å². The summed E-state index contributed by atoms with van der Waals surface area (Å²) in [5.74, 6) is 2.82. The van der Waals surface area contributed by atoms with E-state index in [9.17, 15) is 5.11 Å². The third-order valence-electron chi connectivity index (χ3n) is 4.86. The van der Waals surface area contributed by atoms with Crippen molar-refractivity contribution in [1.82, 2.24) is 5.32 Å². The van der Waals surface area contributed by atoms with Gasteiger partial charge in [-0.05, 0) is 61.3 Å². The molecule has 1 aromatic rings. The van der Waals surface area contributed by atoms with Crippen molar-refractivity contribution in [1.29, 1.82) is 0 Å². The highest BCUT2D eigenvalue weighted by Gasteiger charge is 2.38. The molecule has 0 aromatic heterocycles. The lowest BCUT2D eigenvalue weighted by Gasteiger charge is -2.22. The zero-order valence-electron chi connectivity index (χ0n) is 11.2. The maximum atomic E-state index is 10.2. The van der Waals surface area contributed by atoms with Gasteiger partial charge in [0.05, 0.1) is 6.10 Å². The largest absolute Gasteiger partial charge is 0.387 e. The van der Waals surface area contributed by atoms with Crippen LogP contribution in [0, 0.1) is 17.8 Å². The normalized spacial score (nSPS) is 30.7. The van der Waals surface area contributed by atoms with Gasteiger partial charge in [0.25, 0.3) is 0 Å². The van der Waals surface area contributed by atoms with Crippen LogP contribution in [-0.2, 0) is 0 Å². The summed E-state index contributed by atoms with van der Waals surface area (Å²) < 4.78 is 1.03. The minimum absolute atomic E-state index is 0.406. The molecule has 19 heavy (non-hydrogen) atoms. The summed E-state index contributed by atoms with van der Waals surface area (Å²) in [6.07, 6.45) is 5.36. The number of nitrogens with one attached hydrogen (secondary N) is 1. The number of halogens is 1. The molecule has 0 heterocycles. The van der Waals surface area contributed by atoms with Crippen LogP contribution >= 0.6 is 15.9 Å². The van der Waals surface area contributed by atoms with Crippen LogP contribution in [0.5, 0.6) is 0 Å². The fraction of sp³-hybridized carbons (Fsp3) is 0.625. The van der Waals surface area contributed by atoms with Crippen LogP contribution in [0.25, 0.3) is 0 Å². The summed E-state index contributed by atoms with van der Waals surface area (Å²) in [4.78, 5) is 0. The lowest BCUT2D eigenvalue weighted by atomic mass is 9.89. The second-order valence-electron chi connectivity index (χ2n) is 6.16. The summed E-state index contributed by atoms with van der Waals surface area (Å²) >= 11 is 3.44. The molecular weight excluding hydrogens is 302 g/mol. The van der Waals surface area contributed by atoms with Crippen molar-refractivity contribution in [2.24, 2.45) is 17.8 Å². The molecule has 0 amide bonds. The number of rotatable bonds is 5. The summed E-state index contributed by atoms with van der Waals surface area (Å²) in [6.45, 7) is 1.73. The average molecular weight is 324 g/mol. The number of hydrogen-bond donors (Lipinski definition) is 2. The van der Waals surface area contributed by atoms with Gasteiger partial charge in [-0.3, -0.25) is 0 Å². The van der Waals surface area contributed by atoms with Crippen LogP contribution in [0.1, 0.15) is 37.4 Å². The molecule has 2 bridgehead atoms. The first kappa shape index (κ1) is 13.6. The van der Waals surface area contributed by atoms with E-state index in [4.69, 9.17) is 0 Å². The highest BCUT2D eigenvalue weighted by molar-refractivity contribution is 9.10. The second kappa shape index (κ2) is 5.94. The predicted octanol–water partition coefficient (Wildman–Crippen LogP) is 3.51. The first-order valence-electron chi connectivity index (χ1n) is 7.36. The van der Waals surface area contributed by atoms with Gasteiger partial charge < -0.3 is 10.4 Å². The third kappa shape index (κ3) is 3.21. The van der Waals surface area contributed by atoms with Crippen molar-refractivity contribution < 1.29 is 5.11 Å². The molecule has 4 atom stereocenters. The zero-order chi connectivity index (χ0) is 13.2. The van der Waals surface area contributed by atoms with E-state index in [0.717, 1.165) is 34.3 Å². The molecule has 0 saturated heterocycles. The monoisotopic (exact) mass is 323 g/mol. The summed E-state index contributed by atoms with van der Waals surface area (Å²) in [7, 11) is 0. The molecule has 0 aliphatic heterocycles. The SMILES string of the molecule is OC(CNCC1CC2CCC1C2)c1cccc(Br)c1. The molecular formula is C16H22BrNO. The molecule has 4 unspecified atom stereocenters. The van der Waals surface area contributed by atoms with Gasteiger partial charge in [0, 0.05) is 11.0 Å². The van der Waals surface area contributed by atoms with Crippen LogP contribution in [0.15, 0.2) is 28.7 Å². The maximum Gasteiger partial charge on any atom is 0.0914 e. The first-order valence-corrected chi connectivity index (χ1v) is 8.16. The van der Waals surface area contributed by atoms with Gasteiger partial charge in [-0.25, -0.2) is 0 Å². The Morgan fingerprint density at radius 3 is 2.89 bits per heavy atom. The Kier molecular flexibility index (Phi) is 4.25. The molecule has 2 fully saturated rings. The first-order chi connectivity index (χ1) is 9.22. The number of benzene rings is 1. The predicted molar refractivity (Wildman–Crippen MR) is 80.9 cm³/mol. The van der Waals surface area contributed by atoms with E-state index >= 15 is 0 Å². The number of aliphatic hydroxyl groups is 1. The van der Waals surface area contributed by atoms with E-state index in [1.54, 1.807) is 0 Å². The minimum Gasteiger partial charge on any atom is -0.387 e. The molecule has 3 heteroatoms. The molecule has 2 aliphatic rings. The van der Waals surface area contributed by atoms with Gasteiger partial charge in [-0.1, -0.05) is 34.5 Å². The lowest BCUT2D eigenvalue weighted by Crippen LogP contribution is -2.29. The van der Waals surface area contributed by atoms with E-state index in [-0.39, 0.29) is 0 Å². The Morgan fingerprint density at radius 1 is 1.32 bits per heavy atom. The molecule has 3 rings (SSSR count). The van der Waals surface area contributed by atoms with Gasteiger partial charge in [0.2, 0.25) is 0 Å². The Balaban J connectivity index is 1.45. The molecule has 2 nitrogen and oxygen atoms in total. The van der Waals surface area contributed by atoms with Crippen LogP contribution < -0.4 is 5.32 Å². The van der Waals surface area contributed by atoms with Crippen molar-refractivity contribution in [3.05, 3.63) is 34.3 Å². The van der Waals surface area contributed by atoms with Crippen LogP contribution in [0.4, 0.5) is 0 Å². The third-order valence-corrected chi connectivity index (χ3v) is 5.36.